The van der Waals surface area contributed by atoms with Crippen molar-refractivity contribution in [2.45, 2.75) is 58.6 Å². The predicted molar refractivity (Wildman–Crippen MR) is 80.2 cm³/mol. The van der Waals surface area contributed by atoms with Crippen LogP contribution in [0.1, 0.15) is 46.5 Å². The molecule has 1 fully saturated rings. The zero-order chi connectivity index (χ0) is 15.8. The third kappa shape index (κ3) is 5.91. The van der Waals surface area contributed by atoms with Gasteiger partial charge in [0.2, 0.25) is 0 Å². The lowest BCUT2D eigenvalue weighted by molar-refractivity contribution is -0.137. The number of carbonyl (C=O) groups excluding carboxylic acids is 1. The van der Waals surface area contributed by atoms with Crippen LogP contribution >= 0.6 is 0 Å². The van der Waals surface area contributed by atoms with Crippen LogP contribution in [-0.4, -0.2) is 53.8 Å². The fourth-order valence-electron chi connectivity index (χ4n) is 2.69. The van der Waals surface area contributed by atoms with Crippen LogP contribution < -0.4 is 5.32 Å². The maximum Gasteiger partial charge on any atom is 0.317 e. The van der Waals surface area contributed by atoms with Crippen LogP contribution in [0, 0.1) is 5.92 Å². The average Bonchev–Trinajstić information content (AvgIpc) is 2.87. The standard InChI is InChI=1S/C15H28N2O4/c1-4-13-12(7-9-21-13)10-16-15(20)17(11(2)3)8-5-6-14(18)19/h11-13H,4-10H2,1-3H3,(H,16,20)(H,18,19). The topological polar surface area (TPSA) is 78.9 Å². The van der Waals surface area contributed by atoms with Crippen LogP contribution in [0.5, 0.6) is 0 Å². The first kappa shape index (κ1) is 17.8. The van der Waals surface area contributed by atoms with Crippen LogP contribution in [0.15, 0.2) is 0 Å². The molecule has 2 unspecified atom stereocenters. The molecule has 21 heavy (non-hydrogen) atoms. The van der Waals surface area contributed by atoms with Gasteiger partial charge in [-0.15, -0.1) is 0 Å². The van der Waals surface area contributed by atoms with Gasteiger partial charge in [0.1, 0.15) is 0 Å². The summed E-state index contributed by atoms with van der Waals surface area (Å²) < 4.78 is 5.62. The Morgan fingerprint density at radius 1 is 1.43 bits per heavy atom. The van der Waals surface area contributed by atoms with Crippen LogP contribution in [0.25, 0.3) is 0 Å². The number of ether oxygens (including phenoxy) is 1. The van der Waals surface area contributed by atoms with E-state index in [1.165, 1.54) is 0 Å². The monoisotopic (exact) mass is 300 g/mol. The van der Waals surface area contributed by atoms with Crippen molar-refractivity contribution in [3.05, 3.63) is 0 Å². The van der Waals surface area contributed by atoms with Gasteiger partial charge in [0.05, 0.1) is 6.10 Å². The normalized spacial score (nSPS) is 21.5. The molecule has 0 bridgehead atoms. The number of rotatable bonds is 8. The van der Waals surface area contributed by atoms with Gasteiger partial charge in [-0.05, 0) is 33.1 Å². The van der Waals surface area contributed by atoms with Gasteiger partial charge in [0.15, 0.2) is 0 Å². The molecule has 0 saturated carbocycles. The van der Waals surface area contributed by atoms with Crippen LogP contribution in [0.3, 0.4) is 0 Å². The Balaban J connectivity index is 2.40. The van der Waals surface area contributed by atoms with Gasteiger partial charge in [0, 0.05) is 38.1 Å². The largest absolute Gasteiger partial charge is 0.481 e. The second-order valence-corrected chi connectivity index (χ2v) is 5.84. The lowest BCUT2D eigenvalue weighted by Crippen LogP contribution is -2.46. The summed E-state index contributed by atoms with van der Waals surface area (Å²) in [6.07, 6.45) is 2.76. The summed E-state index contributed by atoms with van der Waals surface area (Å²) in [6.45, 7) is 7.83. The number of hydrogen-bond acceptors (Lipinski definition) is 3. The highest BCUT2D eigenvalue weighted by Gasteiger charge is 2.27. The molecule has 0 spiro atoms. The fourth-order valence-corrected chi connectivity index (χ4v) is 2.69. The minimum Gasteiger partial charge on any atom is -0.481 e. The van der Waals surface area contributed by atoms with Crippen molar-refractivity contribution in [1.82, 2.24) is 10.2 Å². The molecule has 122 valence electrons. The molecule has 6 nitrogen and oxygen atoms in total. The van der Waals surface area contributed by atoms with E-state index >= 15 is 0 Å². The van der Waals surface area contributed by atoms with Gasteiger partial charge in [-0.1, -0.05) is 6.92 Å². The van der Waals surface area contributed by atoms with E-state index in [0.717, 1.165) is 19.4 Å². The van der Waals surface area contributed by atoms with E-state index in [0.29, 0.717) is 25.4 Å². The molecule has 0 aromatic rings. The van der Waals surface area contributed by atoms with E-state index in [-0.39, 0.29) is 24.6 Å². The number of amides is 2. The maximum atomic E-state index is 12.2. The van der Waals surface area contributed by atoms with Crippen molar-refractivity contribution in [2.75, 3.05) is 19.7 Å². The highest BCUT2D eigenvalue weighted by atomic mass is 16.5. The van der Waals surface area contributed by atoms with Crippen molar-refractivity contribution < 1.29 is 19.4 Å². The van der Waals surface area contributed by atoms with E-state index in [2.05, 4.69) is 12.2 Å². The maximum absolute atomic E-state index is 12.2. The number of carbonyl (C=O) groups is 2. The summed E-state index contributed by atoms with van der Waals surface area (Å²) in [5, 5.41) is 11.6. The SMILES string of the molecule is CCC1OCCC1CNC(=O)N(CCCC(=O)O)C(C)C. The summed E-state index contributed by atoms with van der Waals surface area (Å²) in [6, 6.07) is -0.0577. The quantitative estimate of drug-likeness (QED) is 0.719. The van der Waals surface area contributed by atoms with Gasteiger partial charge in [-0.25, -0.2) is 4.79 Å². The van der Waals surface area contributed by atoms with E-state index in [1.54, 1.807) is 4.90 Å². The second kappa shape index (κ2) is 8.87. The Morgan fingerprint density at radius 2 is 2.14 bits per heavy atom. The first-order valence-electron chi connectivity index (χ1n) is 7.83. The van der Waals surface area contributed by atoms with Crippen LogP contribution in [-0.2, 0) is 9.53 Å². The smallest absolute Gasteiger partial charge is 0.317 e. The zero-order valence-electron chi connectivity index (χ0n) is 13.3. The van der Waals surface area contributed by atoms with E-state index in [1.807, 2.05) is 13.8 Å². The number of carboxylic acids is 1. The molecule has 1 heterocycles. The first-order valence-corrected chi connectivity index (χ1v) is 7.83. The van der Waals surface area contributed by atoms with Crippen LogP contribution in [0.2, 0.25) is 0 Å². The average molecular weight is 300 g/mol. The lowest BCUT2D eigenvalue weighted by Gasteiger charge is -2.28. The van der Waals surface area contributed by atoms with Crippen molar-refractivity contribution >= 4 is 12.0 Å². The highest BCUT2D eigenvalue weighted by molar-refractivity contribution is 5.74. The minimum absolute atomic E-state index is 0.0561. The molecule has 1 saturated heterocycles. The Labute approximate surface area is 126 Å². The summed E-state index contributed by atoms with van der Waals surface area (Å²) in [7, 11) is 0. The molecule has 2 amide bonds. The first-order chi connectivity index (χ1) is 9.95. The Kier molecular flexibility index (Phi) is 7.50. The van der Waals surface area contributed by atoms with Crippen LogP contribution in [0.4, 0.5) is 4.79 Å². The Bertz CT molecular complexity index is 347. The molecule has 1 rings (SSSR count). The molecule has 0 aliphatic carbocycles. The molecule has 6 heteroatoms. The summed E-state index contributed by atoms with van der Waals surface area (Å²) in [5.74, 6) is -0.444. The highest BCUT2D eigenvalue weighted by Crippen LogP contribution is 2.22. The van der Waals surface area contributed by atoms with E-state index in [9.17, 15) is 9.59 Å². The van der Waals surface area contributed by atoms with Gasteiger partial charge < -0.3 is 20.1 Å². The number of nitrogens with zero attached hydrogens (tertiary/aromatic N) is 1. The minimum atomic E-state index is -0.826. The Hall–Kier alpha value is -1.30. The van der Waals surface area contributed by atoms with Gasteiger partial charge >= 0.3 is 12.0 Å². The third-order valence-electron chi connectivity index (χ3n) is 3.94. The molecule has 0 radical (unpaired) electrons. The van der Waals surface area contributed by atoms with E-state index < -0.39 is 5.97 Å². The summed E-state index contributed by atoms with van der Waals surface area (Å²) >= 11 is 0. The Morgan fingerprint density at radius 3 is 2.71 bits per heavy atom. The molecule has 2 atom stereocenters. The number of hydrogen-bond donors (Lipinski definition) is 2. The molecule has 0 aromatic heterocycles. The number of aliphatic carboxylic acids is 1. The van der Waals surface area contributed by atoms with Gasteiger partial charge in [0.25, 0.3) is 0 Å². The molecular weight excluding hydrogens is 272 g/mol. The number of urea groups is 1. The van der Waals surface area contributed by atoms with Crippen molar-refractivity contribution in [3.63, 3.8) is 0 Å². The third-order valence-corrected chi connectivity index (χ3v) is 3.94. The van der Waals surface area contributed by atoms with Gasteiger partial charge in [-0.3, -0.25) is 4.79 Å². The summed E-state index contributed by atoms with van der Waals surface area (Å²) in [4.78, 5) is 24.5. The fraction of sp³-hybridized carbons (Fsp3) is 0.867. The summed E-state index contributed by atoms with van der Waals surface area (Å²) in [5.41, 5.74) is 0. The number of carboxylic acid groups (broad SMARTS) is 1. The molecule has 2 N–H and O–H groups in total. The molecule has 0 aromatic carbocycles. The molecular formula is C15H28N2O4. The second-order valence-electron chi connectivity index (χ2n) is 5.84. The molecule has 1 aliphatic rings. The van der Waals surface area contributed by atoms with Gasteiger partial charge in [-0.2, -0.15) is 0 Å². The molecule has 1 aliphatic heterocycles. The zero-order valence-corrected chi connectivity index (χ0v) is 13.3. The lowest BCUT2D eigenvalue weighted by atomic mass is 10.00. The number of nitrogens with one attached hydrogen (secondary N) is 1. The van der Waals surface area contributed by atoms with E-state index in [4.69, 9.17) is 9.84 Å². The van der Waals surface area contributed by atoms with Crippen molar-refractivity contribution in [3.8, 4) is 0 Å². The predicted octanol–water partition coefficient (Wildman–Crippen LogP) is 2.09. The van der Waals surface area contributed by atoms with Crippen molar-refractivity contribution in [1.29, 1.82) is 0 Å². The van der Waals surface area contributed by atoms with Crippen molar-refractivity contribution in [2.24, 2.45) is 5.92 Å².